The molecule has 16 heavy (non-hydrogen) atoms. The van der Waals surface area contributed by atoms with Gasteiger partial charge in [-0.15, -0.1) is 0 Å². The molecule has 0 saturated heterocycles. The highest BCUT2D eigenvalue weighted by atomic mass is 35.5. The SMILES string of the molecule is CC1CCC(Oc2ccc(Cl)cc2N)CC1. The third-order valence-corrected chi connectivity index (χ3v) is 3.46. The molecular weight excluding hydrogens is 222 g/mol. The van der Waals surface area contributed by atoms with E-state index in [9.17, 15) is 0 Å². The molecule has 0 atom stereocenters. The van der Waals surface area contributed by atoms with Gasteiger partial charge in [0, 0.05) is 5.02 Å². The lowest BCUT2D eigenvalue weighted by Crippen LogP contribution is -2.23. The molecule has 2 N–H and O–H groups in total. The first-order valence-electron chi connectivity index (χ1n) is 5.87. The average Bonchev–Trinajstić information content (AvgIpc) is 2.25. The molecule has 1 aromatic carbocycles. The molecule has 2 nitrogen and oxygen atoms in total. The van der Waals surface area contributed by atoms with Crippen LogP contribution in [0.15, 0.2) is 18.2 Å². The molecule has 0 bridgehead atoms. The summed E-state index contributed by atoms with van der Waals surface area (Å²) in [4.78, 5) is 0. The minimum absolute atomic E-state index is 0.319. The van der Waals surface area contributed by atoms with Crippen LogP contribution in [0.2, 0.25) is 5.02 Å². The lowest BCUT2D eigenvalue weighted by Gasteiger charge is -2.27. The summed E-state index contributed by atoms with van der Waals surface area (Å²) in [5.74, 6) is 1.60. The Morgan fingerprint density at radius 2 is 1.94 bits per heavy atom. The Morgan fingerprint density at radius 3 is 2.56 bits per heavy atom. The standard InChI is InChI=1S/C13H18ClNO/c1-9-2-5-11(6-3-9)16-13-7-4-10(14)8-12(13)15/h4,7-9,11H,2-3,5-6,15H2,1H3. The zero-order valence-corrected chi connectivity index (χ0v) is 10.3. The second-order valence-electron chi connectivity index (χ2n) is 4.68. The lowest BCUT2D eigenvalue weighted by atomic mass is 9.89. The Kier molecular flexibility index (Phi) is 3.59. The first-order valence-corrected chi connectivity index (χ1v) is 6.24. The zero-order chi connectivity index (χ0) is 11.5. The molecule has 1 saturated carbocycles. The van der Waals surface area contributed by atoms with Crippen LogP contribution in [-0.4, -0.2) is 6.10 Å². The summed E-state index contributed by atoms with van der Waals surface area (Å²) >= 11 is 5.84. The van der Waals surface area contributed by atoms with Gasteiger partial charge in [-0.25, -0.2) is 0 Å². The number of anilines is 1. The molecule has 0 radical (unpaired) electrons. The highest BCUT2D eigenvalue weighted by molar-refractivity contribution is 6.30. The van der Waals surface area contributed by atoms with Crippen molar-refractivity contribution in [2.24, 2.45) is 5.92 Å². The van der Waals surface area contributed by atoms with Crippen molar-refractivity contribution in [1.29, 1.82) is 0 Å². The topological polar surface area (TPSA) is 35.2 Å². The minimum Gasteiger partial charge on any atom is -0.488 e. The van der Waals surface area contributed by atoms with Gasteiger partial charge in [0.25, 0.3) is 0 Å². The normalized spacial score (nSPS) is 25.4. The number of nitrogen functional groups attached to an aromatic ring is 1. The van der Waals surface area contributed by atoms with E-state index in [0.29, 0.717) is 16.8 Å². The third kappa shape index (κ3) is 2.82. The van der Waals surface area contributed by atoms with Crippen molar-refractivity contribution in [3.8, 4) is 5.75 Å². The molecule has 1 aliphatic carbocycles. The summed E-state index contributed by atoms with van der Waals surface area (Å²) in [7, 11) is 0. The molecule has 0 aromatic heterocycles. The molecule has 2 rings (SSSR count). The molecule has 0 spiro atoms. The van der Waals surface area contributed by atoms with Crippen LogP contribution in [0.4, 0.5) is 5.69 Å². The summed E-state index contributed by atoms with van der Waals surface area (Å²) in [5, 5.41) is 0.655. The predicted octanol–water partition coefficient (Wildman–Crippen LogP) is 3.88. The van der Waals surface area contributed by atoms with Crippen molar-refractivity contribution in [2.45, 2.75) is 38.7 Å². The fourth-order valence-electron chi connectivity index (χ4n) is 2.15. The van der Waals surface area contributed by atoms with Crippen molar-refractivity contribution < 1.29 is 4.74 Å². The van der Waals surface area contributed by atoms with E-state index >= 15 is 0 Å². The molecule has 3 heteroatoms. The molecule has 0 amide bonds. The third-order valence-electron chi connectivity index (χ3n) is 3.23. The number of hydrogen-bond donors (Lipinski definition) is 1. The van der Waals surface area contributed by atoms with E-state index in [1.165, 1.54) is 12.8 Å². The Balaban J connectivity index is 1.98. The van der Waals surface area contributed by atoms with E-state index in [1.54, 1.807) is 6.07 Å². The van der Waals surface area contributed by atoms with Gasteiger partial charge in [0.2, 0.25) is 0 Å². The molecule has 1 aliphatic rings. The second-order valence-corrected chi connectivity index (χ2v) is 5.12. The fourth-order valence-corrected chi connectivity index (χ4v) is 2.33. The second kappa shape index (κ2) is 4.96. The monoisotopic (exact) mass is 239 g/mol. The zero-order valence-electron chi connectivity index (χ0n) is 9.58. The maximum Gasteiger partial charge on any atom is 0.142 e. The highest BCUT2D eigenvalue weighted by Crippen LogP contribution is 2.31. The highest BCUT2D eigenvalue weighted by Gasteiger charge is 2.20. The van der Waals surface area contributed by atoms with Crippen LogP contribution in [0.1, 0.15) is 32.6 Å². The number of nitrogens with two attached hydrogens (primary N) is 1. The Hall–Kier alpha value is -0.890. The number of rotatable bonds is 2. The molecule has 0 aliphatic heterocycles. The summed E-state index contributed by atoms with van der Waals surface area (Å²) in [6.07, 6.45) is 5.07. The molecule has 1 fully saturated rings. The van der Waals surface area contributed by atoms with Crippen LogP contribution in [0.25, 0.3) is 0 Å². The van der Waals surface area contributed by atoms with Crippen LogP contribution in [0.5, 0.6) is 5.75 Å². The number of benzene rings is 1. The molecular formula is C13H18ClNO. The van der Waals surface area contributed by atoms with Crippen molar-refractivity contribution in [1.82, 2.24) is 0 Å². The Bertz CT molecular complexity index is 359. The smallest absolute Gasteiger partial charge is 0.142 e. The van der Waals surface area contributed by atoms with E-state index in [2.05, 4.69) is 6.92 Å². The summed E-state index contributed by atoms with van der Waals surface area (Å²) in [6.45, 7) is 2.30. The first-order chi connectivity index (χ1) is 7.65. The van der Waals surface area contributed by atoms with Gasteiger partial charge in [-0.05, 0) is 49.8 Å². The van der Waals surface area contributed by atoms with Gasteiger partial charge >= 0.3 is 0 Å². The molecule has 0 unspecified atom stereocenters. The van der Waals surface area contributed by atoms with Crippen molar-refractivity contribution >= 4 is 17.3 Å². The lowest BCUT2D eigenvalue weighted by molar-refractivity contribution is 0.136. The molecule has 1 aromatic rings. The van der Waals surface area contributed by atoms with Gasteiger partial charge in [0.1, 0.15) is 5.75 Å². The van der Waals surface area contributed by atoms with E-state index in [-0.39, 0.29) is 0 Å². The average molecular weight is 240 g/mol. The Morgan fingerprint density at radius 1 is 1.25 bits per heavy atom. The van der Waals surface area contributed by atoms with E-state index in [1.807, 2.05) is 12.1 Å². The molecule has 0 heterocycles. The van der Waals surface area contributed by atoms with Gasteiger partial charge in [0.05, 0.1) is 11.8 Å². The van der Waals surface area contributed by atoms with Crippen molar-refractivity contribution in [3.05, 3.63) is 23.2 Å². The predicted molar refractivity (Wildman–Crippen MR) is 67.9 cm³/mol. The number of halogens is 1. The van der Waals surface area contributed by atoms with Crippen LogP contribution in [-0.2, 0) is 0 Å². The van der Waals surface area contributed by atoms with Crippen LogP contribution < -0.4 is 10.5 Å². The van der Waals surface area contributed by atoms with Crippen LogP contribution in [0, 0.1) is 5.92 Å². The largest absolute Gasteiger partial charge is 0.488 e. The minimum atomic E-state index is 0.319. The van der Waals surface area contributed by atoms with Gasteiger partial charge in [-0.3, -0.25) is 0 Å². The fraction of sp³-hybridized carbons (Fsp3) is 0.538. The summed E-state index contributed by atoms with van der Waals surface area (Å²) < 4.78 is 5.91. The van der Waals surface area contributed by atoms with Gasteiger partial charge in [-0.2, -0.15) is 0 Å². The summed E-state index contributed by atoms with van der Waals surface area (Å²) in [6, 6.07) is 5.41. The van der Waals surface area contributed by atoms with Crippen LogP contribution in [0.3, 0.4) is 0 Å². The van der Waals surface area contributed by atoms with E-state index < -0.39 is 0 Å². The van der Waals surface area contributed by atoms with Crippen molar-refractivity contribution in [3.63, 3.8) is 0 Å². The Labute approximate surface area is 102 Å². The van der Waals surface area contributed by atoms with E-state index in [4.69, 9.17) is 22.1 Å². The van der Waals surface area contributed by atoms with Crippen LogP contribution >= 0.6 is 11.6 Å². The molecule has 88 valence electrons. The van der Waals surface area contributed by atoms with Crippen molar-refractivity contribution in [2.75, 3.05) is 5.73 Å². The summed E-state index contributed by atoms with van der Waals surface area (Å²) in [5.41, 5.74) is 6.49. The quantitative estimate of drug-likeness (QED) is 0.795. The number of hydrogen-bond acceptors (Lipinski definition) is 2. The van der Waals surface area contributed by atoms with Gasteiger partial charge in [0.15, 0.2) is 0 Å². The van der Waals surface area contributed by atoms with Gasteiger partial charge < -0.3 is 10.5 Å². The van der Waals surface area contributed by atoms with E-state index in [0.717, 1.165) is 24.5 Å². The van der Waals surface area contributed by atoms with Gasteiger partial charge in [-0.1, -0.05) is 18.5 Å². The first kappa shape index (κ1) is 11.6. The maximum absolute atomic E-state index is 5.91. The number of ether oxygens (including phenoxy) is 1. The maximum atomic E-state index is 5.91.